The van der Waals surface area contributed by atoms with E-state index in [-0.39, 0.29) is 24.1 Å². The molecule has 1 aliphatic rings. The third-order valence-corrected chi connectivity index (χ3v) is 4.79. The van der Waals surface area contributed by atoms with Crippen molar-refractivity contribution in [1.29, 1.82) is 0 Å². The van der Waals surface area contributed by atoms with E-state index in [0.717, 1.165) is 5.56 Å². The third kappa shape index (κ3) is 4.27. The Kier molecular flexibility index (Phi) is 5.26. The minimum Gasteiger partial charge on any atom is -0.497 e. The minimum absolute atomic E-state index is 0.126. The van der Waals surface area contributed by atoms with Crippen molar-refractivity contribution in [3.8, 4) is 17.2 Å². The highest BCUT2D eigenvalue weighted by atomic mass is 32.1. The van der Waals surface area contributed by atoms with Gasteiger partial charge >= 0.3 is 0 Å². The summed E-state index contributed by atoms with van der Waals surface area (Å²) in [6, 6.07) is 12.1. The Hall–Kier alpha value is -3.65. The van der Waals surface area contributed by atoms with Crippen LogP contribution in [0.3, 0.4) is 0 Å². The summed E-state index contributed by atoms with van der Waals surface area (Å²) >= 11 is 1.34. The maximum Gasteiger partial charge on any atom is 0.264 e. The number of carbonyl (C=O) groups is 2. The summed E-state index contributed by atoms with van der Waals surface area (Å²) in [6.07, 6.45) is 3.27. The highest BCUT2D eigenvalue weighted by molar-refractivity contribution is 7.13. The molecule has 7 nitrogen and oxygen atoms in total. The van der Waals surface area contributed by atoms with Gasteiger partial charge in [-0.05, 0) is 35.9 Å². The van der Waals surface area contributed by atoms with E-state index < -0.39 is 0 Å². The SMILES string of the molecule is COc1ccc2c(c1)O/C(=C\c1ccc(OCC(=O)Nc3nccs3)cc1)C2=O. The molecule has 1 aliphatic heterocycles. The van der Waals surface area contributed by atoms with Crippen LogP contribution >= 0.6 is 11.3 Å². The van der Waals surface area contributed by atoms with E-state index in [1.54, 1.807) is 67.2 Å². The summed E-state index contributed by atoms with van der Waals surface area (Å²) in [6.45, 7) is -0.126. The number of nitrogens with one attached hydrogen (secondary N) is 1. The van der Waals surface area contributed by atoms with Gasteiger partial charge in [0, 0.05) is 17.6 Å². The average molecular weight is 408 g/mol. The summed E-state index contributed by atoms with van der Waals surface area (Å²) in [4.78, 5) is 28.3. The lowest BCUT2D eigenvalue weighted by molar-refractivity contribution is -0.118. The second-order valence-electron chi connectivity index (χ2n) is 6.05. The number of methoxy groups -OCH3 is 1. The Morgan fingerprint density at radius 3 is 2.72 bits per heavy atom. The molecule has 1 amide bonds. The van der Waals surface area contributed by atoms with Crippen molar-refractivity contribution in [3.63, 3.8) is 0 Å². The van der Waals surface area contributed by atoms with Crippen LogP contribution in [0.1, 0.15) is 15.9 Å². The van der Waals surface area contributed by atoms with Gasteiger partial charge in [0.1, 0.15) is 17.2 Å². The van der Waals surface area contributed by atoms with Crippen molar-refractivity contribution in [3.05, 3.63) is 70.9 Å². The van der Waals surface area contributed by atoms with Crippen molar-refractivity contribution in [2.45, 2.75) is 0 Å². The van der Waals surface area contributed by atoms with E-state index >= 15 is 0 Å². The zero-order valence-electron chi connectivity index (χ0n) is 15.4. The highest BCUT2D eigenvalue weighted by Gasteiger charge is 2.27. The summed E-state index contributed by atoms with van der Waals surface area (Å²) in [7, 11) is 1.56. The molecule has 0 atom stereocenters. The molecule has 0 unspecified atom stereocenters. The number of nitrogens with zero attached hydrogens (tertiary/aromatic N) is 1. The Balaban J connectivity index is 1.38. The lowest BCUT2D eigenvalue weighted by Gasteiger charge is -2.06. The van der Waals surface area contributed by atoms with Crippen LogP contribution in [-0.2, 0) is 4.79 Å². The number of aromatic nitrogens is 1. The van der Waals surface area contributed by atoms with Gasteiger partial charge in [0.25, 0.3) is 5.91 Å². The van der Waals surface area contributed by atoms with Gasteiger partial charge in [0.15, 0.2) is 17.5 Å². The van der Waals surface area contributed by atoms with E-state index in [0.29, 0.717) is 27.9 Å². The first kappa shape index (κ1) is 18.7. The zero-order chi connectivity index (χ0) is 20.2. The summed E-state index contributed by atoms with van der Waals surface area (Å²) in [5, 5.41) is 4.95. The predicted molar refractivity (Wildman–Crippen MR) is 109 cm³/mol. The smallest absolute Gasteiger partial charge is 0.264 e. The summed E-state index contributed by atoms with van der Waals surface area (Å²) in [5.41, 5.74) is 1.27. The largest absolute Gasteiger partial charge is 0.497 e. The third-order valence-electron chi connectivity index (χ3n) is 4.10. The van der Waals surface area contributed by atoms with E-state index in [4.69, 9.17) is 14.2 Å². The molecule has 0 saturated heterocycles. The molecule has 0 aliphatic carbocycles. The van der Waals surface area contributed by atoms with Crippen LogP contribution in [0.25, 0.3) is 6.08 Å². The number of hydrogen-bond donors (Lipinski definition) is 1. The van der Waals surface area contributed by atoms with Crippen LogP contribution in [0.15, 0.2) is 59.8 Å². The molecule has 0 bridgehead atoms. The van der Waals surface area contributed by atoms with E-state index in [1.807, 2.05) is 0 Å². The monoisotopic (exact) mass is 408 g/mol. The molecule has 2 aromatic carbocycles. The van der Waals surface area contributed by atoms with Crippen molar-refractivity contribution >= 4 is 34.2 Å². The van der Waals surface area contributed by atoms with Gasteiger partial charge in [0.05, 0.1) is 12.7 Å². The first-order chi connectivity index (χ1) is 14.1. The number of ketones is 1. The van der Waals surface area contributed by atoms with Gasteiger partial charge in [-0.1, -0.05) is 12.1 Å². The molecule has 3 aromatic rings. The Morgan fingerprint density at radius 1 is 1.21 bits per heavy atom. The standard InChI is InChI=1S/C21H16N2O5S/c1-26-15-6-7-16-17(11-15)28-18(20(16)25)10-13-2-4-14(5-3-13)27-12-19(24)23-21-22-8-9-29-21/h2-11H,12H2,1H3,(H,22,23,24)/b18-10-. The average Bonchev–Trinajstić information content (AvgIpc) is 3.35. The van der Waals surface area contributed by atoms with Crippen LogP contribution < -0.4 is 19.5 Å². The normalized spacial score (nSPS) is 13.7. The van der Waals surface area contributed by atoms with Crippen molar-refractivity contribution < 1.29 is 23.8 Å². The van der Waals surface area contributed by atoms with Crippen molar-refractivity contribution in [1.82, 2.24) is 4.98 Å². The number of benzene rings is 2. The highest BCUT2D eigenvalue weighted by Crippen LogP contribution is 2.34. The molecule has 146 valence electrons. The molecular formula is C21H16N2O5S. The van der Waals surface area contributed by atoms with Crippen LogP contribution in [0.4, 0.5) is 5.13 Å². The second kappa shape index (κ2) is 8.15. The molecule has 0 fully saturated rings. The molecule has 2 heterocycles. The summed E-state index contributed by atoms with van der Waals surface area (Å²) in [5.74, 6) is 1.41. The first-order valence-electron chi connectivity index (χ1n) is 8.67. The molecule has 0 spiro atoms. The van der Waals surface area contributed by atoms with Crippen LogP contribution in [0.5, 0.6) is 17.2 Å². The van der Waals surface area contributed by atoms with Crippen LogP contribution in [0, 0.1) is 0 Å². The Bertz CT molecular complexity index is 1070. The number of allylic oxidation sites excluding steroid dienone is 1. The summed E-state index contributed by atoms with van der Waals surface area (Å²) < 4.78 is 16.3. The number of ether oxygens (including phenoxy) is 3. The fourth-order valence-electron chi connectivity index (χ4n) is 2.70. The molecule has 0 saturated carbocycles. The van der Waals surface area contributed by atoms with Gasteiger partial charge < -0.3 is 14.2 Å². The number of rotatable bonds is 6. The zero-order valence-corrected chi connectivity index (χ0v) is 16.2. The Morgan fingerprint density at radius 2 is 2.00 bits per heavy atom. The van der Waals surface area contributed by atoms with Crippen molar-refractivity contribution in [2.24, 2.45) is 0 Å². The van der Waals surface area contributed by atoms with Gasteiger partial charge in [-0.3, -0.25) is 14.9 Å². The van der Waals surface area contributed by atoms with Crippen molar-refractivity contribution in [2.75, 3.05) is 19.0 Å². The Labute approximate surface area is 170 Å². The van der Waals surface area contributed by atoms with E-state index in [2.05, 4.69) is 10.3 Å². The maximum absolute atomic E-state index is 12.5. The van der Waals surface area contributed by atoms with Crippen LogP contribution in [0.2, 0.25) is 0 Å². The van der Waals surface area contributed by atoms with Gasteiger partial charge in [0.2, 0.25) is 5.78 Å². The molecular weight excluding hydrogens is 392 g/mol. The molecule has 1 aromatic heterocycles. The van der Waals surface area contributed by atoms with Crippen LogP contribution in [-0.4, -0.2) is 30.4 Å². The van der Waals surface area contributed by atoms with Gasteiger partial charge in [-0.2, -0.15) is 0 Å². The topological polar surface area (TPSA) is 86.8 Å². The molecule has 0 radical (unpaired) electrons. The van der Waals surface area contributed by atoms with Gasteiger partial charge in [-0.25, -0.2) is 4.98 Å². The number of anilines is 1. The fourth-order valence-corrected chi connectivity index (χ4v) is 3.24. The number of thiazole rings is 1. The van der Waals surface area contributed by atoms with Gasteiger partial charge in [-0.15, -0.1) is 11.3 Å². The van der Waals surface area contributed by atoms with E-state index in [9.17, 15) is 9.59 Å². The lowest BCUT2D eigenvalue weighted by Crippen LogP contribution is -2.19. The number of Topliss-reactive ketones (excluding diaryl/α,β-unsaturated/α-hetero) is 1. The first-order valence-corrected chi connectivity index (χ1v) is 9.55. The number of hydrogen-bond acceptors (Lipinski definition) is 7. The lowest BCUT2D eigenvalue weighted by atomic mass is 10.1. The molecule has 8 heteroatoms. The maximum atomic E-state index is 12.5. The number of fused-ring (bicyclic) bond motifs is 1. The molecule has 29 heavy (non-hydrogen) atoms. The number of amides is 1. The minimum atomic E-state index is -0.288. The molecule has 1 N–H and O–H groups in total. The van der Waals surface area contributed by atoms with E-state index in [1.165, 1.54) is 11.3 Å². The number of carbonyl (C=O) groups excluding carboxylic acids is 2. The second-order valence-corrected chi connectivity index (χ2v) is 6.94. The quantitative estimate of drug-likeness (QED) is 0.625. The fraction of sp³-hybridized carbons (Fsp3) is 0.0952. The predicted octanol–water partition coefficient (Wildman–Crippen LogP) is 3.79. The molecule has 4 rings (SSSR count).